The highest BCUT2D eigenvalue weighted by atomic mass is 35.5. The highest BCUT2D eigenvalue weighted by Crippen LogP contribution is 2.36. The van der Waals surface area contributed by atoms with Crippen LogP contribution in [-0.4, -0.2) is 43.8 Å². The number of anilines is 1. The predicted molar refractivity (Wildman–Crippen MR) is 103 cm³/mol. The molecule has 0 saturated carbocycles. The molecule has 0 aromatic heterocycles. The van der Waals surface area contributed by atoms with Gasteiger partial charge in [0, 0.05) is 23.9 Å². The van der Waals surface area contributed by atoms with Crippen LogP contribution in [0.1, 0.15) is 5.56 Å². The van der Waals surface area contributed by atoms with Crippen molar-refractivity contribution < 1.29 is 23.8 Å². The normalized spacial score (nSPS) is 15.6. The van der Waals surface area contributed by atoms with Crippen molar-refractivity contribution in [2.24, 2.45) is 0 Å². The molecule has 8 heteroatoms. The third-order valence-corrected chi connectivity index (χ3v) is 4.71. The lowest BCUT2D eigenvalue weighted by atomic mass is 10.0. The van der Waals surface area contributed by atoms with Crippen molar-refractivity contribution in [3.05, 3.63) is 58.7 Å². The van der Waals surface area contributed by atoms with E-state index in [1.54, 1.807) is 42.5 Å². The predicted octanol–water partition coefficient (Wildman–Crippen LogP) is 2.91. The third kappa shape index (κ3) is 3.30. The Kier molecular flexibility index (Phi) is 4.93. The summed E-state index contributed by atoms with van der Waals surface area (Å²) in [4.78, 5) is 27.1. The fourth-order valence-corrected chi connectivity index (χ4v) is 3.21. The standard InChI is InChI=1S/C20H17ClN2O5/c1-26-9-8-23-19(24)17(12-2-4-13(21)5-3-12)18(20(23)25)22-14-6-7-15-16(10-14)28-11-27-15/h2-7,10,22H,8-9,11H2,1H3. The molecule has 2 amide bonds. The molecule has 1 N–H and O–H groups in total. The lowest BCUT2D eigenvalue weighted by Crippen LogP contribution is -2.35. The monoisotopic (exact) mass is 400 g/mol. The molecule has 0 aliphatic carbocycles. The molecule has 0 unspecified atom stereocenters. The number of ether oxygens (including phenoxy) is 3. The highest BCUT2D eigenvalue weighted by molar-refractivity contribution is 6.36. The quantitative estimate of drug-likeness (QED) is 0.751. The average molecular weight is 401 g/mol. The summed E-state index contributed by atoms with van der Waals surface area (Å²) in [6, 6.07) is 12.0. The van der Waals surface area contributed by atoms with E-state index in [1.165, 1.54) is 12.0 Å². The first-order valence-corrected chi connectivity index (χ1v) is 8.98. The molecule has 2 heterocycles. The van der Waals surface area contributed by atoms with Crippen molar-refractivity contribution in [1.82, 2.24) is 4.90 Å². The first-order chi connectivity index (χ1) is 13.6. The van der Waals surface area contributed by atoms with Gasteiger partial charge in [-0.25, -0.2) is 0 Å². The van der Waals surface area contributed by atoms with Crippen LogP contribution in [0.5, 0.6) is 11.5 Å². The van der Waals surface area contributed by atoms with E-state index in [4.69, 9.17) is 25.8 Å². The second kappa shape index (κ2) is 7.53. The molecule has 0 saturated heterocycles. The Balaban J connectivity index is 1.72. The average Bonchev–Trinajstić information content (AvgIpc) is 3.24. The highest BCUT2D eigenvalue weighted by Gasteiger charge is 2.39. The first-order valence-electron chi connectivity index (χ1n) is 8.60. The number of amides is 2. The molecule has 4 rings (SSSR count). The summed E-state index contributed by atoms with van der Waals surface area (Å²) >= 11 is 5.96. The molecule has 0 radical (unpaired) electrons. The molecule has 144 valence electrons. The fourth-order valence-electron chi connectivity index (χ4n) is 3.08. The van der Waals surface area contributed by atoms with Crippen LogP contribution >= 0.6 is 11.6 Å². The van der Waals surface area contributed by atoms with E-state index in [-0.39, 0.29) is 37.1 Å². The minimum atomic E-state index is -0.412. The van der Waals surface area contributed by atoms with Crippen LogP contribution in [0.2, 0.25) is 5.02 Å². The molecule has 2 aliphatic rings. The van der Waals surface area contributed by atoms with Crippen LogP contribution in [0, 0.1) is 0 Å². The van der Waals surface area contributed by atoms with Gasteiger partial charge in [-0.2, -0.15) is 0 Å². The molecular weight excluding hydrogens is 384 g/mol. The number of fused-ring (bicyclic) bond motifs is 1. The molecule has 0 fully saturated rings. The Hall–Kier alpha value is -3.03. The van der Waals surface area contributed by atoms with Crippen LogP contribution in [0.3, 0.4) is 0 Å². The molecule has 0 bridgehead atoms. The van der Waals surface area contributed by atoms with Gasteiger partial charge < -0.3 is 19.5 Å². The van der Waals surface area contributed by atoms with E-state index >= 15 is 0 Å². The number of nitrogens with zero attached hydrogens (tertiary/aromatic N) is 1. The molecular formula is C20H17ClN2O5. The van der Waals surface area contributed by atoms with Crippen LogP contribution in [0.25, 0.3) is 5.57 Å². The fraction of sp³-hybridized carbons (Fsp3) is 0.200. The van der Waals surface area contributed by atoms with Gasteiger partial charge in [-0.1, -0.05) is 23.7 Å². The summed E-state index contributed by atoms with van der Waals surface area (Å²) in [5.41, 5.74) is 1.70. The molecule has 2 aromatic rings. The summed E-state index contributed by atoms with van der Waals surface area (Å²) in [6.45, 7) is 0.569. The lowest BCUT2D eigenvalue weighted by Gasteiger charge is -2.14. The number of methoxy groups -OCH3 is 1. The largest absolute Gasteiger partial charge is 0.454 e. The second-order valence-corrected chi connectivity index (χ2v) is 6.64. The van der Waals surface area contributed by atoms with Crippen LogP contribution in [0.15, 0.2) is 48.2 Å². The zero-order valence-electron chi connectivity index (χ0n) is 15.0. The molecule has 2 aliphatic heterocycles. The molecule has 0 atom stereocenters. The van der Waals surface area contributed by atoms with Crippen molar-refractivity contribution in [3.63, 3.8) is 0 Å². The topological polar surface area (TPSA) is 77.1 Å². The summed E-state index contributed by atoms with van der Waals surface area (Å²) in [5, 5.41) is 3.62. The Morgan fingerprint density at radius 3 is 2.57 bits per heavy atom. The van der Waals surface area contributed by atoms with Crippen LogP contribution in [-0.2, 0) is 14.3 Å². The maximum Gasteiger partial charge on any atom is 0.278 e. The summed E-state index contributed by atoms with van der Waals surface area (Å²) in [7, 11) is 1.52. The van der Waals surface area contributed by atoms with E-state index in [1.807, 2.05) is 0 Å². The first kappa shape index (κ1) is 18.3. The van der Waals surface area contributed by atoms with Crippen molar-refractivity contribution in [2.45, 2.75) is 0 Å². The minimum absolute atomic E-state index is 0.152. The minimum Gasteiger partial charge on any atom is -0.454 e. The van der Waals surface area contributed by atoms with E-state index in [2.05, 4.69) is 5.32 Å². The van der Waals surface area contributed by atoms with E-state index in [9.17, 15) is 9.59 Å². The summed E-state index contributed by atoms with van der Waals surface area (Å²) < 4.78 is 15.7. The second-order valence-electron chi connectivity index (χ2n) is 6.20. The number of hydrogen-bond acceptors (Lipinski definition) is 6. The van der Waals surface area contributed by atoms with Gasteiger partial charge in [0.05, 0.1) is 18.7 Å². The number of nitrogens with one attached hydrogen (secondary N) is 1. The Morgan fingerprint density at radius 2 is 1.82 bits per heavy atom. The van der Waals surface area contributed by atoms with Gasteiger partial charge in [-0.05, 0) is 29.8 Å². The number of carbonyl (C=O) groups excluding carboxylic acids is 2. The van der Waals surface area contributed by atoms with Gasteiger partial charge in [0.1, 0.15) is 5.70 Å². The molecule has 28 heavy (non-hydrogen) atoms. The van der Waals surface area contributed by atoms with Crippen LogP contribution in [0.4, 0.5) is 5.69 Å². The van der Waals surface area contributed by atoms with E-state index in [0.717, 1.165) is 0 Å². The van der Waals surface area contributed by atoms with Gasteiger partial charge in [0.25, 0.3) is 11.8 Å². The van der Waals surface area contributed by atoms with E-state index in [0.29, 0.717) is 27.8 Å². The van der Waals surface area contributed by atoms with Crippen molar-refractivity contribution in [2.75, 3.05) is 32.4 Å². The Bertz CT molecular complexity index is 971. The Morgan fingerprint density at radius 1 is 1.07 bits per heavy atom. The lowest BCUT2D eigenvalue weighted by molar-refractivity contribution is -0.137. The summed E-state index contributed by atoms with van der Waals surface area (Å²) in [6.07, 6.45) is 0. The van der Waals surface area contributed by atoms with Gasteiger partial charge in [0.2, 0.25) is 6.79 Å². The zero-order valence-corrected chi connectivity index (χ0v) is 15.8. The van der Waals surface area contributed by atoms with Crippen molar-refractivity contribution in [3.8, 4) is 11.5 Å². The maximum atomic E-state index is 13.0. The number of carbonyl (C=O) groups is 2. The maximum absolute atomic E-state index is 13.0. The number of hydrogen-bond donors (Lipinski definition) is 1. The number of halogens is 1. The van der Waals surface area contributed by atoms with Gasteiger partial charge >= 0.3 is 0 Å². The third-order valence-electron chi connectivity index (χ3n) is 4.46. The number of imide groups is 1. The molecule has 7 nitrogen and oxygen atoms in total. The SMILES string of the molecule is COCCN1C(=O)C(Nc2ccc3c(c2)OCO3)=C(c2ccc(Cl)cc2)C1=O. The summed E-state index contributed by atoms with van der Waals surface area (Å²) in [5.74, 6) is 0.414. The van der Waals surface area contributed by atoms with Crippen molar-refractivity contribution >= 4 is 34.7 Å². The smallest absolute Gasteiger partial charge is 0.278 e. The molecule has 0 spiro atoms. The number of rotatable bonds is 6. The van der Waals surface area contributed by atoms with Gasteiger partial charge in [-0.15, -0.1) is 0 Å². The number of benzene rings is 2. The zero-order chi connectivity index (χ0) is 19.7. The van der Waals surface area contributed by atoms with E-state index < -0.39 is 5.91 Å². The van der Waals surface area contributed by atoms with Gasteiger partial charge in [-0.3, -0.25) is 14.5 Å². The van der Waals surface area contributed by atoms with Crippen molar-refractivity contribution in [1.29, 1.82) is 0 Å². The van der Waals surface area contributed by atoms with Gasteiger partial charge in [0.15, 0.2) is 11.5 Å². The van der Waals surface area contributed by atoms with Crippen LogP contribution < -0.4 is 14.8 Å². The Labute approximate surface area is 166 Å². The molecule has 2 aromatic carbocycles.